The maximum absolute atomic E-state index is 12.3. The van der Waals surface area contributed by atoms with Gasteiger partial charge in [0, 0.05) is 5.56 Å². The zero-order valence-electron chi connectivity index (χ0n) is 9.90. The zero-order valence-corrected chi connectivity index (χ0v) is 10.8. The number of phosphoric ester groups is 1. The summed E-state index contributed by atoms with van der Waals surface area (Å²) in [6.45, 7) is -0.328. The predicted octanol–water partition coefficient (Wildman–Crippen LogP) is 1.61. The Morgan fingerprint density at radius 3 is 2.05 bits per heavy atom. The number of phosphoric acid groups is 1. The van der Waals surface area contributed by atoms with E-state index < -0.39 is 24.8 Å². The van der Waals surface area contributed by atoms with E-state index in [-0.39, 0.29) is 19.8 Å². The zero-order chi connectivity index (χ0) is 13.5. The highest BCUT2D eigenvalue weighted by Gasteiger charge is 2.56. The van der Waals surface area contributed by atoms with Crippen molar-refractivity contribution in [3.8, 4) is 0 Å². The minimum absolute atomic E-state index is 0.109. The summed E-state index contributed by atoms with van der Waals surface area (Å²) in [6.07, 6.45) is 0. The molecule has 0 atom stereocenters. The Labute approximate surface area is 109 Å². The lowest BCUT2D eigenvalue weighted by molar-refractivity contribution is -0.145. The van der Waals surface area contributed by atoms with Crippen LogP contribution in [-0.4, -0.2) is 31.4 Å². The maximum Gasteiger partial charge on any atom is 0.474 e. The molecule has 3 aliphatic heterocycles. The molecule has 0 spiro atoms. The fourth-order valence-corrected chi connectivity index (χ4v) is 3.44. The van der Waals surface area contributed by atoms with Gasteiger partial charge in [-0.25, -0.2) is 4.57 Å². The first-order valence-electron chi connectivity index (χ1n) is 5.73. The first-order chi connectivity index (χ1) is 9.05. The normalized spacial score (nSPS) is 33.1. The molecular formula is C12H11O6P. The van der Waals surface area contributed by atoms with Gasteiger partial charge in [-0.2, -0.15) is 0 Å². The fraction of sp³-hybridized carbons (Fsp3) is 0.333. The predicted molar refractivity (Wildman–Crippen MR) is 63.7 cm³/mol. The molecular weight excluding hydrogens is 271 g/mol. The number of rotatable bonds is 3. The molecule has 0 N–H and O–H groups in total. The molecule has 3 heterocycles. The number of fused-ring (bicyclic) bond motifs is 3. The Bertz CT molecular complexity index is 550. The monoisotopic (exact) mass is 282 g/mol. The van der Waals surface area contributed by atoms with Gasteiger partial charge in [-0.05, 0) is 0 Å². The van der Waals surface area contributed by atoms with Gasteiger partial charge in [-0.3, -0.25) is 23.2 Å². The molecule has 1 aromatic carbocycles. The van der Waals surface area contributed by atoms with Crippen LogP contribution in [0.15, 0.2) is 30.3 Å². The molecule has 0 aliphatic carbocycles. The van der Waals surface area contributed by atoms with Gasteiger partial charge in [-0.1, -0.05) is 30.3 Å². The third kappa shape index (κ3) is 2.07. The van der Waals surface area contributed by atoms with E-state index in [1.165, 1.54) is 0 Å². The number of ketones is 2. The van der Waals surface area contributed by atoms with Crippen LogP contribution in [-0.2, 0) is 22.9 Å². The van der Waals surface area contributed by atoms with E-state index in [1.807, 2.05) is 0 Å². The average Bonchev–Trinajstić information content (AvgIpc) is 2.48. The first kappa shape index (κ1) is 12.7. The molecule has 0 unspecified atom stereocenters. The third-order valence-electron chi connectivity index (χ3n) is 3.22. The van der Waals surface area contributed by atoms with Crippen molar-refractivity contribution in [2.75, 3.05) is 19.8 Å². The Kier molecular flexibility index (Phi) is 2.91. The molecule has 0 saturated carbocycles. The molecule has 19 heavy (non-hydrogen) atoms. The van der Waals surface area contributed by atoms with E-state index >= 15 is 0 Å². The van der Waals surface area contributed by atoms with Crippen LogP contribution in [0.5, 0.6) is 0 Å². The third-order valence-corrected chi connectivity index (χ3v) is 4.56. The summed E-state index contributed by atoms with van der Waals surface area (Å²) >= 11 is 0. The van der Waals surface area contributed by atoms with Gasteiger partial charge in [0.1, 0.15) is 5.41 Å². The van der Waals surface area contributed by atoms with E-state index in [0.29, 0.717) is 5.56 Å². The summed E-state index contributed by atoms with van der Waals surface area (Å²) in [7, 11) is -3.48. The molecule has 100 valence electrons. The SMILES string of the molecule is O=C(C(=O)C12COP(=O)(OC1)OC2)c1ccccc1. The molecule has 0 amide bonds. The van der Waals surface area contributed by atoms with Gasteiger partial charge in [0.05, 0.1) is 19.8 Å². The number of hydrogen-bond acceptors (Lipinski definition) is 6. The maximum atomic E-state index is 12.3. The summed E-state index contributed by atoms with van der Waals surface area (Å²) in [5, 5.41) is 0. The number of carbonyl (C=O) groups is 2. The van der Waals surface area contributed by atoms with Gasteiger partial charge < -0.3 is 0 Å². The van der Waals surface area contributed by atoms with Crippen LogP contribution in [0.2, 0.25) is 0 Å². The van der Waals surface area contributed by atoms with Gasteiger partial charge in [0.15, 0.2) is 0 Å². The highest BCUT2D eigenvalue weighted by atomic mass is 31.2. The van der Waals surface area contributed by atoms with Crippen LogP contribution < -0.4 is 0 Å². The molecule has 3 saturated heterocycles. The Morgan fingerprint density at radius 1 is 1.00 bits per heavy atom. The second kappa shape index (κ2) is 4.35. The lowest BCUT2D eigenvalue weighted by Crippen LogP contribution is -2.52. The van der Waals surface area contributed by atoms with E-state index in [4.69, 9.17) is 13.6 Å². The van der Waals surface area contributed by atoms with Crippen molar-refractivity contribution in [3.05, 3.63) is 35.9 Å². The van der Waals surface area contributed by atoms with Gasteiger partial charge in [-0.15, -0.1) is 0 Å². The first-order valence-corrected chi connectivity index (χ1v) is 7.19. The molecule has 0 aromatic heterocycles. The molecule has 3 aliphatic rings. The quantitative estimate of drug-likeness (QED) is 0.476. The molecule has 6 nitrogen and oxygen atoms in total. The van der Waals surface area contributed by atoms with Crippen LogP contribution in [0.1, 0.15) is 10.4 Å². The lowest BCUT2D eigenvalue weighted by atomic mass is 9.82. The highest BCUT2D eigenvalue weighted by molar-refractivity contribution is 7.48. The van der Waals surface area contributed by atoms with E-state index in [9.17, 15) is 14.2 Å². The van der Waals surface area contributed by atoms with Crippen LogP contribution in [0.25, 0.3) is 0 Å². The Balaban J connectivity index is 1.85. The van der Waals surface area contributed by atoms with Crippen LogP contribution >= 0.6 is 7.82 Å². The molecule has 4 rings (SSSR count). The summed E-state index contributed by atoms with van der Waals surface area (Å²) in [4.78, 5) is 24.4. The minimum atomic E-state index is -3.48. The Morgan fingerprint density at radius 2 is 1.53 bits per heavy atom. The van der Waals surface area contributed by atoms with E-state index in [0.717, 1.165) is 0 Å². The summed E-state index contributed by atoms with van der Waals surface area (Å²) in [5.74, 6) is -1.25. The van der Waals surface area contributed by atoms with E-state index in [1.54, 1.807) is 30.3 Å². The van der Waals surface area contributed by atoms with Gasteiger partial charge in [0.2, 0.25) is 11.6 Å². The lowest BCUT2D eigenvalue weighted by Gasteiger charge is -2.42. The van der Waals surface area contributed by atoms with E-state index in [2.05, 4.69) is 0 Å². The number of hydrogen-bond donors (Lipinski definition) is 0. The molecule has 0 radical (unpaired) electrons. The summed E-state index contributed by atoms with van der Waals surface area (Å²) in [6, 6.07) is 8.24. The minimum Gasteiger partial charge on any atom is -0.290 e. The average molecular weight is 282 g/mol. The van der Waals surface area contributed by atoms with Crippen molar-refractivity contribution < 1.29 is 27.7 Å². The largest absolute Gasteiger partial charge is 0.474 e. The smallest absolute Gasteiger partial charge is 0.290 e. The van der Waals surface area contributed by atoms with Gasteiger partial charge >= 0.3 is 7.82 Å². The number of carbonyl (C=O) groups excluding carboxylic acids is 2. The molecule has 3 fully saturated rings. The van der Waals surface area contributed by atoms with Crippen molar-refractivity contribution in [3.63, 3.8) is 0 Å². The van der Waals surface area contributed by atoms with Crippen LogP contribution in [0.3, 0.4) is 0 Å². The number of benzene rings is 1. The van der Waals surface area contributed by atoms with Crippen LogP contribution in [0.4, 0.5) is 0 Å². The van der Waals surface area contributed by atoms with Crippen molar-refractivity contribution >= 4 is 19.4 Å². The molecule has 1 aromatic rings. The highest BCUT2D eigenvalue weighted by Crippen LogP contribution is 2.60. The standard InChI is InChI=1S/C12H11O6P/c13-10(9-4-2-1-3-5-9)11(14)12-6-16-19(15,17-7-12)18-8-12/h1-5H,6-8H2. The van der Waals surface area contributed by atoms with Crippen LogP contribution in [0, 0.1) is 5.41 Å². The van der Waals surface area contributed by atoms with Crippen molar-refractivity contribution in [1.29, 1.82) is 0 Å². The summed E-state index contributed by atoms with van der Waals surface area (Å²) < 4.78 is 26.3. The molecule has 7 heteroatoms. The fourth-order valence-electron chi connectivity index (χ4n) is 2.00. The Hall–Kier alpha value is -1.33. The second-order valence-corrected chi connectivity index (χ2v) is 6.24. The van der Waals surface area contributed by atoms with Gasteiger partial charge in [0.25, 0.3) is 0 Å². The van der Waals surface area contributed by atoms with Crippen molar-refractivity contribution in [2.24, 2.45) is 5.41 Å². The topological polar surface area (TPSA) is 78.9 Å². The summed E-state index contributed by atoms with van der Waals surface area (Å²) in [5.41, 5.74) is -0.875. The molecule has 2 bridgehead atoms. The van der Waals surface area contributed by atoms with Crippen molar-refractivity contribution in [1.82, 2.24) is 0 Å². The van der Waals surface area contributed by atoms with Crippen molar-refractivity contribution in [2.45, 2.75) is 0 Å². The second-order valence-electron chi connectivity index (χ2n) is 4.57. The number of Topliss-reactive ketones (excluding diaryl/α,β-unsaturated/α-hetero) is 2.